The van der Waals surface area contributed by atoms with E-state index in [0.29, 0.717) is 11.9 Å². The fourth-order valence-electron chi connectivity index (χ4n) is 1.33. The minimum absolute atomic E-state index is 0.502. The van der Waals surface area contributed by atoms with E-state index in [9.17, 15) is 0 Å². The normalized spacial score (nSPS) is 16.1. The molecule has 0 atom stereocenters. The quantitative estimate of drug-likeness (QED) is 0.727. The Morgan fingerprint density at radius 1 is 1.57 bits per heavy atom. The third kappa shape index (κ3) is 1.63. The molecule has 1 aromatic heterocycles. The molecule has 1 fully saturated rings. The molecule has 1 aliphatic heterocycles. The van der Waals surface area contributed by atoms with Crippen molar-refractivity contribution in [1.29, 1.82) is 0 Å². The van der Waals surface area contributed by atoms with Crippen molar-refractivity contribution in [3.05, 3.63) is 12.3 Å². The molecule has 0 amide bonds. The molecule has 0 bridgehead atoms. The first-order chi connectivity index (χ1) is 6.81. The highest BCUT2D eigenvalue weighted by molar-refractivity contribution is 5.33. The van der Waals surface area contributed by atoms with Crippen molar-refractivity contribution in [3.63, 3.8) is 0 Å². The monoisotopic (exact) mass is 194 g/mol. The predicted molar refractivity (Wildman–Crippen MR) is 53.6 cm³/mol. The van der Waals surface area contributed by atoms with Crippen molar-refractivity contribution >= 4 is 5.95 Å². The van der Waals surface area contributed by atoms with Crippen LogP contribution in [0.4, 0.5) is 5.95 Å². The zero-order valence-electron chi connectivity index (χ0n) is 8.40. The van der Waals surface area contributed by atoms with Gasteiger partial charge in [-0.2, -0.15) is 4.98 Å². The number of ether oxygens (including phenoxy) is 1. The Bertz CT molecular complexity index is 313. The van der Waals surface area contributed by atoms with Gasteiger partial charge in [0.2, 0.25) is 11.8 Å². The van der Waals surface area contributed by atoms with Gasteiger partial charge in [-0.1, -0.05) is 0 Å². The SMILES string of the molecule is COc1ccnc(N(C)C2CNC2)n1. The van der Waals surface area contributed by atoms with Gasteiger partial charge in [0.15, 0.2) is 0 Å². The van der Waals surface area contributed by atoms with E-state index in [2.05, 4.69) is 20.2 Å². The second-order valence-corrected chi connectivity index (χ2v) is 3.32. The molecule has 0 saturated carbocycles. The summed E-state index contributed by atoms with van der Waals surface area (Å²) in [5.74, 6) is 1.32. The molecule has 1 N–H and O–H groups in total. The first-order valence-electron chi connectivity index (χ1n) is 4.62. The second-order valence-electron chi connectivity index (χ2n) is 3.32. The third-order valence-electron chi connectivity index (χ3n) is 2.45. The Morgan fingerprint density at radius 2 is 2.36 bits per heavy atom. The zero-order chi connectivity index (χ0) is 9.97. The van der Waals surface area contributed by atoms with Gasteiger partial charge in [-0.15, -0.1) is 0 Å². The average Bonchev–Trinajstić information content (AvgIpc) is 2.15. The number of likely N-dealkylation sites (N-methyl/N-ethyl adjacent to an activating group) is 1. The first kappa shape index (κ1) is 9.21. The number of hydrogen-bond donors (Lipinski definition) is 1. The summed E-state index contributed by atoms with van der Waals surface area (Å²) in [4.78, 5) is 10.5. The van der Waals surface area contributed by atoms with Crippen molar-refractivity contribution in [3.8, 4) is 5.88 Å². The summed E-state index contributed by atoms with van der Waals surface area (Å²) in [6, 6.07) is 2.25. The van der Waals surface area contributed by atoms with E-state index in [-0.39, 0.29) is 0 Å². The molecule has 1 aliphatic rings. The molecule has 0 spiro atoms. The summed E-state index contributed by atoms with van der Waals surface area (Å²) in [7, 11) is 3.61. The van der Waals surface area contributed by atoms with Crippen molar-refractivity contribution in [1.82, 2.24) is 15.3 Å². The molecule has 0 radical (unpaired) electrons. The molecular weight excluding hydrogens is 180 g/mol. The highest BCUT2D eigenvalue weighted by Crippen LogP contribution is 2.14. The van der Waals surface area contributed by atoms with E-state index in [1.165, 1.54) is 0 Å². The molecule has 14 heavy (non-hydrogen) atoms. The Labute approximate surface area is 83.1 Å². The maximum Gasteiger partial charge on any atom is 0.228 e. The Balaban J connectivity index is 2.13. The smallest absolute Gasteiger partial charge is 0.228 e. The van der Waals surface area contributed by atoms with Crippen LogP contribution in [0.5, 0.6) is 5.88 Å². The lowest BCUT2D eigenvalue weighted by molar-refractivity contribution is 0.392. The number of methoxy groups -OCH3 is 1. The molecule has 5 heteroatoms. The van der Waals surface area contributed by atoms with Gasteiger partial charge in [-0.05, 0) is 0 Å². The molecule has 0 aliphatic carbocycles. The maximum atomic E-state index is 5.04. The second kappa shape index (κ2) is 3.79. The molecule has 76 valence electrons. The summed E-state index contributed by atoms with van der Waals surface area (Å²) in [6.07, 6.45) is 1.71. The predicted octanol–water partition coefficient (Wildman–Crippen LogP) is -0.107. The first-order valence-corrected chi connectivity index (χ1v) is 4.62. The molecular formula is C9H14N4O. The van der Waals surface area contributed by atoms with Gasteiger partial charge in [-0.3, -0.25) is 0 Å². The van der Waals surface area contributed by atoms with Gasteiger partial charge in [0.25, 0.3) is 0 Å². The van der Waals surface area contributed by atoms with Gasteiger partial charge in [0, 0.05) is 32.4 Å². The van der Waals surface area contributed by atoms with Crippen LogP contribution >= 0.6 is 0 Å². The molecule has 5 nitrogen and oxygen atoms in total. The van der Waals surface area contributed by atoms with E-state index in [0.717, 1.165) is 19.0 Å². The van der Waals surface area contributed by atoms with E-state index >= 15 is 0 Å². The number of anilines is 1. The summed E-state index contributed by atoms with van der Waals surface area (Å²) in [6.45, 7) is 1.99. The summed E-state index contributed by atoms with van der Waals surface area (Å²) < 4.78 is 5.04. The molecule has 1 aromatic rings. The van der Waals surface area contributed by atoms with Gasteiger partial charge in [-0.25, -0.2) is 4.98 Å². The van der Waals surface area contributed by atoms with Crippen LogP contribution in [0.2, 0.25) is 0 Å². The lowest BCUT2D eigenvalue weighted by Gasteiger charge is -2.35. The highest BCUT2D eigenvalue weighted by Gasteiger charge is 2.23. The topological polar surface area (TPSA) is 50.3 Å². The maximum absolute atomic E-state index is 5.04. The number of rotatable bonds is 3. The number of aromatic nitrogens is 2. The average molecular weight is 194 g/mol. The number of nitrogens with one attached hydrogen (secondary N) is 1. The van der Waals surface area contributed by atoms with E-state index in [1.54, 1.807) is 19.4 Å². The van der Waals surface area contributed by atoms with Crippen LogP contribution in [0.25, 0.3) is 0 Å². The number of nitrogens with zero attached hydrogens (tertiary/aromatic N) is 3. The van der Waals surface area contributed by atoms with Crippen molar-refractivity contribution in [2.45, 2.75) is 6.04 Å². The fourth-order valence-corrected chi connectivity index (χ4v) is 1.33. The lowest BCUT2D eigenvalue weighted by atomic mass is 10.1. The largest absolute Gasteiger partial charge is 0.481 e. The van der Waals surface area contributed by atoms with Crippen LogP contribution in [-0.4, -0.2) is 43.3 Å². The molecule has 0 aromatic carbocycles. The molecule has 2 rings (SSSR count). The zero-order valence-corrected chi connectivity index (χ0v) is 8.40. The van der Waals surface area contributed by atoms with Crippen LogP contribution in [0.1, 0.15) is 0 Å². The number of hydrogen-bond acceptors (Lipinski definition) is 5. The van der Waals surface area contributed by atoms with E-state index in [1.807, 2.05) is 7.05 Å². The lowest BCUT2D eigenvalue weighted by Crippen LogP contribution is -2.56. The van der Waals surface area contributed by atoms with Gasteiger partial charge >= 0.3 is 0 Å². The Morgan fingerprint density at radius 3 is 2.93 bits per heavy atom. The van der Waals surface area contributed by atoms with Crippen LogP contribution in [-0.2, 0) is 0 Å². The molecule has 0 unspecified atom stereocenters. The van der Waals surface area contributed by atoms with Gasteiger partial charge in [0.05, 0.1) is 13.2 Å². The minimum Gasteiger partial charge on any atom is -0.481 e. The van der Waals surface area contributed by atoms with Crippen molar-refractivity contribution in [2.24, 2.45) is 0 Å². The molecule has 2 heterocycles. The van der Waals surface area contributed by atoms with Crippen LogP contribution in [0.15, 0.2) is 12.3 Å². The Kier molecular flexibility index (Phi) is 2.49. The summed E-state index contributed by atoms with van der Waals surface area (Å²) in [5, 5.41) is 3.21. The van der Waals surface area contributed by atoms with Gasteiger partial charge < -0.3 is 15.0 Å². The highest BCUT2D eigenvalue weighted by atomic mass is 16.5. The van der Waals surface area contributed by atoms with Gasteiger partial charge in [0.1, 0.15) is 0 Å². The van der Waals surface area contributed by atoms with E-state index < -0.39 is 0 Å². The van der Waals surface area contributed by atoms with Crippen LogP contribution in [0, 0.1) is 0 Å². The van der Waals surface area contributed by atoms with Crippen molar-refractivity contribution < 1.29 is 4.74 Å². The van der Waals surface area contributed by atoms with E-state index in [4.69, 9.17) is 4.74 Å². The molecule has 1 saturated heterocycles. The Hall–Kier alpha value is -1.36. The summed E-state index contributed by atoms with van der Waals surface area (Å²) >= 11 is 0. The summed E-state index contributed by atoms with van der Waals surface area (Å²) in [5.41, 5.74) is 0. The van der Waals surface area contributed by atoms with Crippen LogP contribution in [0.3, 0.4) is 0 Å². The fraction of sp³-hybridized carbons (Fsp3) is 0.556. The third-order valence-corrected chi connectivity index (χ3v) is 2.45. The van der Waals surface area contributed by atoms with Crippen molar-refractivity contribution in [2.75, 3.05) is 32.1 Å². The van der Waals surface area contributed by atoms with Crippen LogP contribution < -0.4 is 15.0 Å². The standard InChI is InChI=1S/C9H14N4O/c1-13(7-5-10-6-7)9-11-4-3-8(12-9)14-2/h3-4,7,10H,5-6H2,1-2H3. The minimum atomic E-state index is 0.502.